The van der Waals surface area contributed by atoms with Crippen molar-refractivity contribution in [2.24, 2.45) is 5.92 Å². The number of amides is 2. The average molecular weight is 379 g/mol. The number of nitro groups is 1. The van der Waals surface area contributed by atoms with E-state index in [2.05, 4.69) is 5.32 Å². The van der Waals surface area contributed by atoms with Crippen molar-refractivity contribution in [2.45, 2.75) is 12.8 Å². The number of anilines is 1. The van der Waals surface area contributed by atoms with E-state index < -0.39 is 4.92 Å². The van der Waals surface area contributed by atoms with Crippen molar-refractivity contribution in [1.82, 2.24) is 4.90 Å². The van der Waals surface area contributed by atoms with Gasteiger partial charge in [-0.1, -0.05) is 30.3 Å². The van der Waals surface area contributed by atoms with Crippen LogP contribution >= 0.6 is 0 Å². The second-order valence-corrected chi connectivity index (χ2v) is 6.64. The summed E-state index contributed by atoms with van der Waals surface area (Å²) in [5.41, 5.74) is 1.35. The van der Waals surface area contributed by atoms with Crippen LogP contribution in [0, 0.1) is 16.0 Å². The number of rotatable bonds is 5. The molecule has 1 heterocycles. The summed E-state index contributed by atoms with van der Waals surface area (Å²) in [6.45, 7) is 1.01. The van der Waals surface area contributed by atoms with Crippen LogP contribution in [0.2, 0.25) is 0 Å². The van der Waals surface area contributed by atoms with E-state index in [4.69, 9.17) is 0 Å². The van der Waals surface area contributed by atoms with E-state index in [0.29, 0.717) is 31.5 Å². The first-order chi connectivity index (χ1) is 13.5. The number of nitrogens with zero attached hydrogens (tertiary/aromatic N) is 2. The third kappa shape index (κ3) is 5.03. The van der Waals surface area contributed by atoms with E-state index >= 15 is 0 Å². The molecule has 0 saturated carbocycles. The molecule has 0 aliphatic carbocycles. The number of carbonyl (C=O) groups excluding carboxylic acids is 2. The quantitative estimate of drug-likeness (QED) is 0.489. The second-order valence-electron chi connectivity index (χ2n) is 6.64. The van der Waals surface area contributed by atoms with Crippen molar-refractivity contribution in [3.63, 3.8) is 0 Å². The fourth-order valence-corrected chi connectivity index (χ4v) is 3.14. The molecule has 0 radical (unpaired) electrons. The Kier molecular flexibility index (Phi) is 6.16. The van der Waals surface area contributed by atoms with Crippen LogP contribution in [0.5, 0.6) is 0 Å². The number of para-hydroxylation sites is 1. The molecule has 0 atom stereocenters. The number of benzene rings is 2. The number of nitro benzene ring substituents is 1. The van der Waals surface area contributed by atoms with Gasteiger partial charge in [-0.05, 0) is 36.6 Å². The lowest BCUT2D eigenvalue weighted by molar-refractivity contribution is -0.384. The van der Waals surface area contributed by atoms with E-state index in [1.54, 1.807) is 23.1 Å². The molecular formula is C21H21N3O4. The lowest BCUT2D eigenvalue weighted by atomic mass is 9.95. The van der Waals surface area contributed by atoms with Crippen LogP contribution in [0.15, 0.2) is 60.7 Å². The number of likely N-dealkylation sites (tertiary alicyclic amines) is 1. The Balaban J connectivity index is 1.51. The van der Waals surface area contributed by atoms with Crippen molar-refractivity contribution in [3.8, 4) is 0 Å². The van der Waals surface area contributed by atoms with Gasteiger partial charge in [0, 0.05) is 42.9 Å². The number of hydrogen-bond acceptors (Lipinski definition) is 4. The van der Waals surface area contributed by atoms with E-state index in [9.17, 15) is 19.7 Å². The maximum Gasteiger partial charge on any atom is 0.270 e. The Bertz CT molecular complexity index is 888. The molecule has 1 aliphatic rings. The van der Waals surface area contributed by atoms with Crippen LogP contribution < -0.4 is 5.32 Å². The van der Waals surface area contributed by atoms with Gasteiger partial charge in [0.05, 0.1) is 4.92 Å². The molecule has 144 valence electrons. The molecule has 0 aromatic heterocycles. The van der Waals surface area contributed by atoms with Gasteiger partial charge in [-0.15, -0.1) is 0 Å². The van der Waals surface area contributed by atoms with Gasteiger partial charge in [0.1, 0.15) is 0 Å². The minimum absolute atomic E-state index is 0.0140. The molecule has 28 heavy (non-hydrogen) atoms. The first-order valence-electron chi connectivity index (χ1n) is 9.10. The molecule has 0 unspecified atom stereocenters. The standard InChI is InChI=1S/C21H21N3O4/c25-20(10-9-16-5-4-8-19(15-16)24(27)28)23-13-11-17(12-14-23)21(26)22-18-6-2-1-3-7-18/h1-10,15,17H,11-14H2,(H,22,26)/b10-9+. The molecule has 2 amide bonds. The van der Waals surface area contributed by atoms with Crippen molar-refractivity contribution >= 4 is 29.3 Å². The zero-order chi connectivity index (χ0) is 19.9. The zero-order valence-electron chi connectivity index (χ0n) is 15.3. The molecule has 1 N–H and O–H groups in total. The largest absolute Gasteiger partial charge is 0.339 e. The topological polar surface area (TPSA) is 92.6 Å². The number of hydrogen-bond donors (Lipinski definition) is 1. The number of nitrogens with one attached hydrogen (secondary N) is 1. The smallest absolute Gasteiger partial charge is 0.270 e. The van der Waals surface area contributed by atoms with Crippen LogP contribution in [0.1, 0.15) is 18.4 Å². The van der Waals surface area contributed by atoms with Crippen molar-refractivity contribution in [2.75, 3.05) is 18.4 Å². The van der Waals surface area contributed by atoms with Gasteiger partial charge in [0.25, 0.3) is 5.69 Å². The Morgan fingerprint density at radius 1 is 1.07 bits per heavy atom. The lowest BCUT2D eigenvalue weighted by Crippen LogP contribution is -2.40. The molecule has 0 spiro atoms. The Morgan fingerprint density at radius 3 is 2.46 bits per heavy atom. The molecule has 7 nitrogen and oxygen atoms in total. The Morgan fingerprint density at radius 2 is 1.79 bits per heavy atom. The van der Waals surface area contributed by atoms with Crippen molar-refractivity contribution < 1.29 is 14.5 Å². The third-order valence-electron chi connectivity index (χ3n) is 4.72. The van der Waals surface area contributed by atoms with Crippen LogP contribution in [-0.2, 0) is 9.59 Å². The number of piperidine rings is 1. The molecular weight excluding hydrogens is 358 g/mol. The fraction of sp³-hybridized carbons (Fsp3) is 0.238. The van der Waals surface area contributed by atoms with Gasteiger partial charge in [0.15, 0.2) is 0 Å². The van der Waals surface area contributed by atoms with E-state index in [0.717, 1.165) is 5.69 Å². The summed E-state index contributed by atoms with van der Waals surface area (Å²) in [5.74, 6) is -0.302. The van der Waals surface area contributed by atoms with Gasteiger partial charge in [0.2, 0.25) is 11.8 Å². The average Bonchev–Trinajstić information content (AvgIpc) is 2.73. The van der Waals surface area contributed by atoms with Gasteiger partial charge in [-0.25, -0.2) is 0 Å². The molecule has 0 bridgehead atoms. The van der Waals surface area contributed by atoms with Gasteiger partial charge < -0.3 is 10.2 Å². The normalized spacial score (nSPS) is 14.8. The Labute approximate surface area is 162 Å². The van der Waals surface area contributed by atoms with Gasteiger partial charge in [-0.3, -0.25) is 19.7 Å². The maximum absolute atomic E-state index is 12.4. The summed E-state index contributed by atoms with van der Waals surface area (Å²) in [6, 6.07) is 15.4. The molecule has 1 saturated heterocycles. The lowest BCUT2D eigenvalue weighted by Gasteiger charge is -2.30. The van der Waals surface area contributed by atoms with E-state index in [-0.39, 0.29) is 23.4 Å². The predicted octanol–water partition coefficient (Wildman–Crippen LogP) is 3.49. The molecule has 2 aromatic carbocycles. The zero-order valence-corrected chi connectivity index (χ0v) is 15.3. The first kappa shape index (κ1) is 19.3. The van der Waals surface area contributed by atoms with Crippen LogP contribution in [0.4, 0.5) is 11.4 Å². The van der Waals surface area contributed by atoms with E-state index in [1.807, 2.05) is 30.3 Å². The predicted molar refractivity (Wildman–Crippen MR) is 107 cm³/mol. The number of carbonyl (C=O) groups is 2. The van der Waals surface area contributed by atoms with Crippen molar-refractivity contribution in [1.29, 1.82) is 0 Å². The minimum atomic E-state index is -0.468. The minimum Gasteiger partial charge on any atom is -0.339 e. The van der Waals surface area contributed by atoms with Gasteiger partial charge >= 0.3 is 0 Å². The summed E-state index contributed by atoms with van der Waals surface area (Å²) >= 11 is 0. The van der Waals surface area contributed by atoms with Crippen LogP contribution in [0.25, 0.3) is 6.08 Å². The molecule has 1 aliphatic heterocycles. The summed E-state index contributed by atoms with van der Waals surface area (Å²) < 4.78 is 0. The van der Waals surface area contributed by atoms with Gasteiger partial charge in [-0.2, -0.15) is 0 Å². The first-order valence-corrected chi connectivity index (χ1v) is 9.10. The fourth-order valence-electron chi connectivity index (χ4n) is 3.14. The van der Waals surface area contributed by atoms with Crippen LogP contribution in [-0.4, -0.2) is 34.7 Å². The molecule has 7 heteroatoms. The van der Waals surface area contributed by atoms with Crippen molar-refractivity contribution in [3.05, 3.63) is 76.4 Å². The second kappa shape index (κ2) is 8.94. The number of non-ortho nitro benzene ring substituents is 1. The molecule has 1 fully saturated rings. The summed E-state index contributed by atoms with van der Waals surface area (Å²) in [7, 11) is 0. The highest BCUT2D eigenvalue weighted by Gasteiger charge is 2.26. The van der Waals surface area contributed by atoms with Crippen LogP contribution in [0.3, 0.4) is 0 Å². The summed E-state index contributed by atoms with van der Waals surface area (Å²) in [4.78, 5) is 36.8. The monoisotopic (exact) mass is 379 g/mol. The highest BCUT2D eigenvalue weighted by molar-refractivity contribution is 5.94. The summed E-state index contributed by atoms with van der Waals surface area (Å²) in [5, 5.41) is 13.7. The highest BCUT2D eigenvalue weighted by atomic mass is 16.6. The third-order valence-corrected chi connectivity index (χ3v) is 4.72. The highest BCUT2D eigenvalue weighted by Crippen LogP contribution is 2.20. The summed E-state index contributed by atoms with van der Waals surface area (Å²) in [6.07, 6.45) is 4.21. The molecule has 2 aromatic rings. The SMILES string of the molecule is O=C(Nc1ccccc1)C1CCN(C(=O)/C=C/c2cccc([N+](=O)[O-])c2)CC1. The van der Waals surface area contributed by atoms with E-state index in [1.165, 1.54) is 18.2 Å². The molecule has 3 rings (SSSR count). The Hall–Kier alpha value is -3.48. The maximum atomic E-state index is 12.4.